The molecule has 4 rings (SSSR count). The molecule has 0 amide bonds. The van der Waals surface area contributed by atoms with E-state index in [-0.39, 0.29) is 0 Å². The van der Waals surface area contributed by atoms with Gasteiger partial charge >= 0.3 is 0 Å². The molecule has 0 saturated carbocycles. The molecule has 0 radical (unpaired) electrons. The Morgan fingerprint density at radius 3 is 2.54 bits per heavy atom. The monoisotopic (exact) mass is 345 g/mol. The zero-order valence-corrected chi connectivity index (χ0v) is 14.5. The number of benzene rings is 2. The fraction of sp³-hybridized carbons (Fsp3) is 0.444. The summed E-state index contributed by atoms with van der Waals surface area (Å²) >= 11 is 0. The van der Waals surface area contributed by atoms with Crippen molar-refractivity contribution in [1.29, 1.82) is 0 Å². The molecule has 128 valence electrons. The number of hydrogen-bond donors (Lipinski definition) is 1. The Balaban J connectivity index is 1.61. The Morgan fingerprint density at radius 2 is 1.71 bits per heavy atom. The minimum absolute atomic E-state index is 0.344. The fourth-order valence-corrected chi connectivity index (χ4v) is 5.54. The van der Waals surface area contributed by atoms with Gasteiger partial charge in [0.15, 0.2) is 0 Å². The zero-order chi connectivity index (χ0) is 16.6. The van der Waals surface area contributed by atoms with Crippen LogP contribution in [0.3, 0.4) is 0 Å². The lowest BCUT2D eigenvalue weighted by atomic mass is 10.1. The van der Waals surface area contributed by atoms with Crippen LogP contribution >= 0.6 is 0 Å². The molecular formula is C18H23N3O2S. The Morgan fingerprint density at radius 1 is 0.958 bits per heavy atom. The maximum atomic E-state index is 13.2. The highest BCUT2D eigenvalue weighted by Gasteiger charge is 2.36. The molecule has 5 nitrogen and oxygen atoms in total. The molecule has 1 atom stereocenters. The van der Waals surface area contributed by atoms with Crippen molar-refractivity contribution in [2.75, 3.05) is 39.3 Å². The van der Waals surface area contributed by atoms with Gasteiger partial charge in [0.05, 0.1) is 4.90 Å². The molecule has 2 fully saturated rings. The molecule has 1 unspecified atom stereocenters. The predicted octanol–water partition coefficient (Wildman–Crippen LogP) is 1.51. The first kappa shape index (κ1) is 16.0. The number of sulfonamides is 1. The van der Waals surface area contributed by atoms with Gasteiger partial charge < -0.3 is 5.32 Å². The van der Waals surface area contributed by atoms with E-state index in [1.54, 1.807) is 10.4 Å². The van der Waals surface area contributed by atoms with Crippen molar-refractivity contribution >= 4 is 20.8 Å². The van der Waals surface area contributed by atoms with E-state index in [1.165, 1.54) is 0 Å². The van der Waals surface area contributed by atoms with Gasteiger partial charge in [-0.15, -0.1) is 0 Å². The van der Waals surface area contributed by atoms with Crippen LogP contribution < -0.4 is 5.32 Å². The molecule has 0 spiro atoms. The number of fused-ring (bicyclic) bond motifs is 1. The van der Waals surface area contributed by atoms with Crippen molar-refractivity contribution in [2.24, 2.45) is 0 Å². The largest absolute Gasteiger partial charge is 0.314 e. The smallest absolute Gasteiger partial charge is 0.243 e. The molecule has 2 aromatic rings. The molecule has 0 bridgehead atoms. The summed E-state index contributed by atoms with van der Waals surface area (Å²) in [6.07, 6.45) is 0.921. The molecule has 24 heavy (non-hydrogen) atoms. The Kier molecular flexibility index (Phi) is 4.30. The molecule has 0 aromatic heterocycles. The summed E-state index contributed by atoms with van der Waals surface area (Å²) < 4.78 is 28.0. The molecule has 2 aromatic carbocycles. The zero-order valence-electron chi connectivity index (χ0n) is 13.7. The summed E-state index contributed by atoms with van der Waals surface area (Å²) in [5, 5.41) is 5.13. The second-order valence-electron chi connectivity index (χ2n) is 6.57. The van der Waals surface area contributed by atoms with E-state index in [0.29, 0.717) is 24.0 Å². The van der Waals surface area contributed by atoms with Gasteiger partial charge in [-0.3, -0.25) is 4.90 Å². The second-order valence-corrected chi connectivity index (χ2v) is 8.48. The van der Waals surface area contributed by atoms with Crippen LogP contribution in [0.15, 0.2) is 47.4 Å². The third-order valence-corrected chi connectivity index (χ3v) is 7.08. The fourth-order valence-electron chi connectivity index (χ4n) is 3.83. The first-order valence-corrected chi connectivity index (χ1v) is 10.0. The second kappa shape index (κ2) is 6.44. The van der Waals surface area contributed by atoms with Crippen LogP contribution in [0.4, 0.5) is 0 Å². The predicted molar refractivity (Wildman–Crippen MR) is 95.6 cm³/mol. The Labute approximate surface area is 143 Å². The summed E-state index contributed by atoms with van der Waals surface area (Å²) in [5.41, 5.74) is 0. The minimum atomic E-state index is -3.45. The van der Waals surface area contributed by atoms with E-state index >= 15 is 0 Å². The van der Waals surface area contributed by atoms with E-state index < -0.39 is 10.0 Å². The molecule has 6 heteroatoms. The number of nitrogens with one attached hydrogen (secondary N) is 1. The summed E-state index contributed by atoms with van der Waals surface area (Å²) in [5.74, 6) is 0. The summed E-state index contributed by atoms with van der Waals surface area (Å²) in [7, 11) is -3.45. The average Bonchev–Trinajstić information content (AvgIpc) is 3.13. The number of piperazine rings is 1. The molecule has 2 aliphatic heterocycles. The van der Waals surface area contributed by atoms with Crippen molar-refractivity contribution < 1.29 is 8.42 Å². The lowest BCUT2D eigenvalue weighted by Crippen LogP contribution is -2.49. The molecule has 2 aliphatic rings. The van der Waals surface area contributed by atoms with Crippen molar-refractivity contribution in [3.63, 3.8) is 0 Å². The van der Waals surface area contributed by atoms with Gasteiger partial charge in [0, 0.05) is 50.7 Å². The van der Waals surface area contributed by atoms with Crippen molar-refractivity contribution in [3.05, 3.63) is 42.5 Å². The summed E-state index contributed by atoms with van der Waals surface area (Å²) in [4.78, 5) is 2.86. The molecule has 2 saturated heterocycles. The molecule has 1 N–H and O–H groups in total. The standard InChI is InChI=1S/C18H23N3O2S/c22-24(23,18-7-3-5-15-4-1-2-6-17(15)18)21-11-8-16(14-21)20-12-9-19-10-13-20/h1-7,16,19H,8-14H2. The van der Waals surface area contributed by atoms with Gasteiger partial charge in [0.2, 0.25) is 10.0 Å². The van der Waals surface area contributed by atoms with Gasteiger partial charge in [0.1, 0.15) is 0 Å². The molecular weight excluding hydrogens is 322 g/mol. The summed E-state index contributed by atoms with van der Waals surface area (Å²) in [6.45, 7) is 5.21. The first-order chi connectivity index (χ1) is 11.7. The van der Waals surface area contributed by atoms with E-state index in [0.717, 1.165) is 43.4 Å². The van der Waals surface area contributed by atoms with Crippen molar-refractivity contribution in [2.45, 2.75) is 17.4 Å². The van der Waals surface area contributed by atoms with Crippen molar-refractivity contribution in [3.8, 4) is 0 Å². The first-order valence-electron chi connectivity index (χ1n) is 8.59. The number of nitrogens with zero attached hydrogens (tertiary/aromatic N) is 2. The highest BCUT2D eigenvalue weighted by atomic mass is 32.2. The molecule has 2 heterocycles. The van der Waals surface area contributed by atoms with Crippen LogP contribution in [0, 0.1) is 0 Å². The van der Waals surface area contributed by atoms with Crippen LogP contribution in [0.2, 0.25) is 0 Å². The molecule has 0 aliphatic carbocycles. The normalized spacial score (nSPS) is 23.8. The van der Waals surface area contributed by atoms with Crippen LogP contribution in [-0.4, -0.2) is 62.9 Å². The maximum Gasteiger partial charge on any atom is 0.243 e. The van der Waals surface area contributed by atoms with E-state index in [2.05, 4.69) is 10.2 Å². The van der Waals surface area contributed by atoms with Crippen LogP contribution in [-0.2, 0) is 10.0 Å². The third-order valence-electron chi connectivity index (χ3n) is 5.16. The van der Waals surface area contributed by atoms with Gasteiger partial charge in [-0.1, -0.05) is 36.4 Å². The highest BCUT2D eigenvalue weighted by molar-refractivity contribution is 7.89. The SMILES string of the molecule is O=S(=O)(c1cccc2ccccc12)N1CCC(N2CCNCC2)C1. The maximum absolute atomic E-state index is 13.2. The van der Waals surface area contributed by atoms with E-state index in [1.807, 2.05) is 36.4 Å². The highest BCUT2D eigenvalue weighted by Crippen LogP contribution is 2.29. The van der Waals surface area contributed by atoms with Crippen molar-refractivity contribution in [1.82, 2.24) is 14.5 Å². The lowest BCUT2D eigenvalue weighted by Gasteiger charge is -2.32. The van der Waals surface area contributed by atoms with Gasteiger partial charge in [-0.25, -0.2) is 8.42 Å². The number of rotatable bonds is 3. The van der Waals surface area contributed by atoms with Crippen LogP contribution in [0.5, 0.6) is 0 Å². The number of hydrogen-bond acceptors (Lipinski definition) is 4. The Hall–Kier alpha value is -1.47. The minimum Gasteiger partial charge on any atom is -0.314 e. The van der Waals surface area contributed by atoms with Crippen LogP contribution in [0.25, 0.3) is 10.8 Å². The topological polar surface area (TPSA) is 52.7 Å². The van der Waals surface area contributed by atoms with E-state index in [4.69, 9.17) is 0 Å². The van der Waals surface area contributed by atoms with Gasteiger partial charge in [-0.2, -0.15) is 4.31 Å². The quantitative estimate of drug-likeness (QED) is 0.916. The average molecular weight is 345 g/mol. The summed E-state index contributed by atoms with van der Waals surface area (Å²) in [6, 6.07) is 13.6. The van der Waals surface area contributed by atoms with Crippen LogP contribution in [0.1, 0.15) is 6.42 Å². The lowest BCUT2D eigenvalue weighted by molar-refractivity contribution is 0.179. The van der Waals surface area contributed by atoms with E-state index in [9.17, 15) is 8.42 Å². The van der Waals surface area contributed by atoms with Gasteiger partial charge in [-0.05, 0) is 17.9 Å². The van der Waals surface area contributed by atoms with Gasteiger partial charge in [0.25, 0.3) is 0 Å². The Bertz CT molecular complexity index is 826. The third kappa shape index (κ3) is 2.84.